The second-order valence-corrected chi connectivity index (χ2v) is 3.26. The molecule has 2 aromatic rings. The van der Waals surface area contributed by atoms with Crippen LogP contribution in [0.25, 0.3) is 0 Å². The molecule has 0 aliphatic rings. The number of aromatic nitrogens is 4. The fourth-order valence-corrected chi connectivity index (χ4v) is 1.28. The smallest absolute Gasteiger partial charge is 0.223 e. The molecule has 0 radical (unpaired) electrons. The van der Waals surface area contributed by atoms with Crippen LogP contribution in [0, 0.1) is 0 Å². The van der Waals surface area contributed by atoms with Crippen LogP contribution in [-0.4, -0.2) is 20.2 Å². The zero-order chi connectivity index (χ0) is 10.7. The largest absolute Gasteiger partial charge is 0.368 e. The van der Waals surface area contributed by atoms with Gasteiger partial charge in [-0.1, -0.05) is 11.6 Å². The highest BCUT2D eigenvalue weighted by atomic mass is 35.5. The molecule has 2 heterocycles. The Morgan fingerprint density at radius 3 is 3.00 bits per heavy atom. The molecule has 0 aliphatic heterocycles. The molecule has 4 N–H and O–H groups in total. The highest BCUT2D eigenvalue weighted by Crippen LogP contribution is 2.12. The molecule has 0 unspecified atom stereocenters. The summed E-state index contributed by atoms with van der Waals surface area (Å²) in [5.74, 6) is 0.733. The van der Waals surface area contributed by atoms with E-state index in [1.54, 1.807) is 12.3 Å². The normalized spacial score (nSPS) is 10.2. The van der Waals surface area contributed by atoms with Gasteiger partial charge in [-0.15, -0.1) is 0 Å². The van der Waals surface area contributed by atoms with Crippen molar-refractivity contribution in [2.45, 2.75) is 6.54 Å². The number of anilines is 2. The second-order valence-electron chi connectivity index (χ2n) is 2.87. The number of H-pyrrole nitrogens is 1. The molecule has 0 bridgehead atoms. The second kappa shape index (κ2) is 4.14. The van der Waals surface area contributed by atoms with Gasteiger partial charge in [0.1, 0.15) is 11.0 Å². The van der Waals surface area contributed by atoms with E-state index in [1.165, 1.54) is 0 Å². The fraction of sp³-hybridized carbons (Fsp3) is 0.125. The Kier molecular flexibility index (Phi) is 2.68. The molecule has 0 saturated carbocycles. The standard InChI is InChI=1S/C8H9ClN6/c9-6-3-7(14-8(10)13-6)11-4-5-1-2-12-15-5/h1-3H,4H2,(H,12,15)(H3,10,11,13,14). The zero-order valence-corrected chi connectivity index (χ0v) is 8.49. The number of aromatic amines is 1. The third-order valence-electron chi connectivity index (χ3n) is 1.73. The van der Waals surface area contributed by atoms with Gasteiger partial charge in [-0.2, -0.15) is 10.1 Å². The van der Waals surface area contributed by atoms with Crippen LogP contribution >= 0.6 is 11.6 Å². The van der Waals surface area contributed by atoms with Crippen molar-refractivity contribution in [2.24, 2.45) is 0 Å². The fourth-order valence-electron chi connectivity index (χ4n) is 1.09. The Morgan fingerprint density at radius 1 is 1.47 bits per heavy atom. The first kappa shape index (κ1) is 9.72. The number of nitrogens with two attached hydrogens (primary N) is 1. The van der Waals surface area contributed by atoms with Gasteiger partial charge in [0.25, 0.3) is 0 Å². The molecule has 15 heavy (non-hydrogen) atoms. The lowest BCUT2D eigenvalue weighted by Gasteiger charge is -2.04. The van der Waals surface area contributed by atoms with Gasteiger partial charge in [0.05, 0.1) is 12.2 Å². The SMILES string of the molecule is Nc1nc(Cl)cc(NCc2ccn[nH]2)n1. The third-order valence-corrected chi connectivity index (χ3v) is 1.92. The van der Waals surface area contributed by atoms with E-state index in [4.69, 9.17) is 17.3 Å². The van der Waals surface area contributed by atoms with Crippen molar-refractivity contribution in [2.75, 3.05) is 11.1 Å². The van der Waals surface area contributed by atoms with Gasteiger partial charge >= 0.3 is 0 Å². The molecule has 0 saturated heterocycles. The maximum absolute atomic E-state index is 5.72. The number of nitrogens with zero attached hydrogens (tertiary/aromatic N) is 3. The molecule has 78 valence electrons. The summed E-state index contributed by atoms with van der Waals surface area (Å²) in [6.07, 6.45) is 1.68. The average molecular weight is 225 g/mol. The molecule has 2 rings (SSSR count). The number of hydrogen-bond acceptors (Lipinski definition) is 5. The number of nitrogen functional groups attached to an aromatic ring is 1. The highest BCUT2D eigenvalue weighted by Gasteiger charge is 2.00. The molecular weight excluding hydrogens is 216 g/mol. The van der Waals surface area contributed by atoms with Gasteiger partial charge in [-0.05, 0) is 6.07 Å². The first-order chi connectivity index (χ1) is 7.24. The molecule has 0 fully saturated rings. The van der Waals surface area contributed by atoms with Gasteiger partial charge < -0.3 is 11.1 Å². The Bertz CT molecular complexity index is 420. The van der Waals surface area contributed by atoms with Gasteiger partial charge in [-0.25, -0.2) is 4.98 Å². The molecular formula is C8H9ClN6. The van der Waals surface area contributed by atoms with E-state index in [0.29, 0.717) is 17.5 Å². The minimum absolute atomic E-state index is 0.148. The predicted octanol–water partition coefficient (Wildman–Crippen LogP) is 1.05. The van der Waals surface area contributed by atoms with Crippen molar-refractivity contribution in [1.82, 2.24) is 20.2 Å². The Hall–Kier alpha value is -1.82. The zero-order valence-electron chi connectivity index (χ0n) is 7.74. The van der Waals surface area contributed by atoms with Crippen LogP contribution in [0.4, 0.5) is 11.8 Å². The van der Waals surface area contributed by atoms with Crippen molar-refractivity contribution in [3.63, 3.8) is 0 Å². The topological polar surface area (TPSA) is 92.5 Å². The summed E-state index contributed by atoms with van der Waals surface area (Å²) in [6, 6.07) is 3.47. The van der Waals surface area contributed by atoms with Crippen LogP contribution in [0.5, 0.6) is 0 Å². The minimum Gasteiger partial charge on any atom is -0.368 e. The Balaban J connectivity index is 2.05. The first-order valence-electron chi connectivity index (χ1n) is 4.26. The third kappa shape index (κ3) is 2.57. The summed E-state index contributed by atoms with van der Waals surface area (Å²) in [5, 5.41) is 9.99. The van der Waals surface area contributed by atoms with Gasteiger partial charge in [-0.3, -0.25) is 5.10 Å². The molecule has 0 aliphatic carbocycles. The maximum atomic E-state index is 5.72. The van der Waals surface area contributed by atoms with Crippen molar-refractivity contribution in [3.8, 4) is 0 Å². The summed E-state index contributed by atoms with van der Waals surface area (Å²) < 4.78 is 0. The lowest BCUT2D eigenvalue weighted by Crippen LogP contribution is -2.04. The van der Waals surface area contributed by atoms with E-state index in [-0.39, 0.29) is 5.95 Å². The molecule has 0 atom stereocenters. The monoisotopic (exact) mass is 224 g/mol. The number of nitrogens with one attached hydrogen (secondary N) is 2. The van der Waals surface area contributed by atoms with Crippen LogP contribution < -0.4 is 11.1 Å². The summed E-state index contributed by atoms with van der Waals surface area (Å²) in [6.45, 7) is 0.576. The van der Waals surface area contributed by atoms with Crippen molar-refractivity contribution in [3.05, 3.63) is 29.2 Å². The molecule has 0 aromatic carbocycles. The van der Waals surface area contributed by atoms with E-state index < -0.39 is 0 Å². The number of halogens is 1. The van der Waals surface area contributed by atoms with E-state index in [0.717, 1.165) is 5.69 Å². The van der Waals surface area contributed by atoms with Crippen LogP contribution in [0.1, 0.15) is 5.69 Å². The highest BCUT2D eigenvalue weighted by molar-refractivity contribution is 6.29. The maximum Gasteiger partial charge on any atom is 0.223 e. The lowest BCUT2D eigenvalue weighted by molar-refractivity contribution is 0.972. The number of rotatable bonds is 3. The Morgan fingerprint density at radius 2 is 2.33 bits per heavy atom. The van der Waals surface area contributed by atoms with E-state index in [2.05, 4.69) is 25.5 Å². The van der Waals surface area contributed by atoms with Gasteiger partial charge in [0.2, 0.25) is 5.95 Å². The lowest BCUT2D eigenvalue weighted by atomic mass is 10.4. The van der Waals surface area contributed by atoms with Gasteiger partial charge in [0, 0.05) is 12.3 Å². The van der Waals surface area contributed by atoms with Crippen LogP contribution in [-0.2, 0) is 6.54 Å². The average Bonchev–Trinajstić information content (AvgIpc) is 2.65. The summed E-state index contributed by atoms with van der Waals surface area (Å²) >= 11 is 5.72. The van der Waals surface area contributed by atoms with E-state index in [1.807, 2.05) is 6.07 Å². The van der Waals surface area contributed by atoms with Crippen LogP contribution in [0.3, 0.4) is 0 Å². The van der Waals surface area contributed by atoms with Crippen molar-refractivity contribution >= 4 is 23.4 Å². The Labute approximate surface area is 90.9 Å². The molecule has 6 nitrogen and oxygen atoms in total. The van der Waals surface area contributed by atoms with Crippen LogP contribution in [0.15, 0.2) is 18.3 Å². The van der Waals surface area contributed by atoms with E-state index in [9.17, 15) is 0 Å². The summed E-state index contributed by atoms with van der Waals surface area (Å²) in [5.41, 5.74) is 6.39. The molecule has 7 heteroatoms. The van der Waals surface area contributed by atoms with Crippen molar-refractivity contribution < 1.29 is 0 Å². The molecule has 0 amide bonds. The summed E-state index contributed by atoms with van der Waals surface area (Å²) in [4.78, 5) is 7.72. The minimum atomic E-state index is 0.148. The van der Waals surface area contributed by atoms with Gasteiger partial charge in [0.15, 0.2) is 0 Å². The van der Waals surface area contributed by atoms with Crippen LogP contribution in [0.2, 0.25) is 5.15 Å². The number of hydrogen-bond donors (Lipinski definition) is 3. The predicted molar refractivity (Wildman–Crippen MR) is 57.4 cm³/mol. The quantitative estimate of drug-likeness (QED) is 0.678. The van der Waals surface area contributed by atoms with E-state index >= 15 is 0 Å². The molecule has 2 aromatic heterocycles. The summed E-state index contributed by atoms with van der Waals surface area (Å²) in [7, 11) is 0. The van der Waals surface area contributed by atoms with Crippen molar-refractivity contribution in [1.29, 1.82) is 0 Å². The molecule has 0 spiro atoms. The first-order valence-corrected chi connectivity index (χ1v) is 4.64.